The Morgan fingerprint density at radius 1 is 0.966 bits per heavy atom. The van der Waals surface area contributed by atoms with Gasteiger partial charge in [0.05, 0.1) is 5.41 Å². The summed E-state index contributed by atoms with van der Waals surface area (Å²) in [6.45, 7) is 12.0. The first-order chi connectivity index (χ1) is 14.1. The molecule has 154 valence electrons. The van der Waals surface area contributed by atoms with E-state index in [1.54, 1.807) is 5.56 Å². The summed E-state index contributed by atoms with van der Waals surface area (Å²) < 4.78 is 4.12. The van der Waals surface area contributed by atoms with Crippen molar-refractivity contribution >= 4 is 21.4 Å². The number of unbranched alkanes of at least 4 members (excludes halogenated alkanes) is 1. The lowest BCUT2D eigenvalue weighted by Gasteiger charge is -2.47. The van der Waals surface area contributed by atoms with E-state index in [2.05, 4.69) is 81.8 Å². The molecule has 1 nitrogen and oxygen atoms in total. The maximum atomic E-state index is 2.69. The molecule has 2 atom stereocenters. The van der Waals surface area contributed by atoms with Gasteiger partial charge in [0.25, 0.3) is 0 Å². The third-order valence-electron chi connectivity index (χ3n) is 7.66. The summed E-state index contributed by atoms with van der Waals surface area (Å²) in [6.07, 6.45) is 10.9. The molecular formula is C27H36NS+. The zero-order valence-electron chi connectivity index (χ0n) is 18.8. The van der Waals surface area contributed by atoms with Crippen molar-refractivity contribution in [3.63, 3.8) is 0 Å². The number of fused-ring (bicyclic) bond motifs is 5. The molecule has 2 unspecified atom stereocenters. The van der Waals surface area contributed by atoms with E-state index in [4.69, 9.17) is 0 Å². The Morgan fingerprint density at radius 3 is 2.45 bits per heavy atom. The molecule has 3 aromatic rings. The Hall–Kier alpha value is -1.67. The Bertz CT molecular complexity index is 1020. The molecule has 1 aliphatic rings. The molecule has 0 radical (unpaired) electrons. The van der Waals surface area contributed by atoms with E-state index in [0.717, 1.165) is 0 Å². The van der Waals surface area contributed by atoms with Crippen molar-refractivity contribution in [2.75, 3.05) is 0 Å². The molecule has 0 fully saturated rings. The zero-order valence-corrected chi connectivity index (χ0v) is 19.7. The number of benzene rings is 1. The molecule has 1 aliphatic heterocycles. The monoisotopic (exact) mass is 406 g/mol. The SMILES string of the molecule is CCCCc1cc[n+]2c(c1)-c1sc3ccccc3c1C(C)(CC)C2(CC)CCC. The number of hydrogen-bond donors (Lipinski definition) is 0. The summed E-state index contributed by atoms with van der Waals surface area (Å²) in [5.41, 5.74) is 4.82. The highest BCUT2D eigenvalue weighted by atomic mass is 32.1. The lowest BCUT2D eigenvalue weighted by atomic mass is 9.59. The minimum atomic E-state index is 0.131. The number of nitrogens with zero attached hydrogens (tertiary/aromatic N) is 1. The van der Waals surface area contributed by atoms with Gasteiger partial charge in [0.1, 0.15) is 4.88 Å². The lowest BCUT2D eigenvalue weighted by Crippen LogP contribution is -2.68. The summed E-state index contributed by atoms with van der Waals surface area (Å²) in [7, 11) is 0. The van der Waals surface area contributed by atoms with Gasteiger partial charge in [0, 0.05) is 29.7 Å². The van der Waals surface area contributed by atoms with Crippen LogP contribution in [0.5, 0.6) is 0 Å². The Balaban J connectivity index is 2.08. The molecule has 0 saturated heterocycles. The van der Waals surface area contributed by atoms with Crippen LogP contribution in [-0.2, 0) is 17.4 Å². The van der Waals surface area contributed by atoms with Gasteiger partial charge in [-0.15, -0.1) is 11.3 Å². The van der Waals surface area contributed by atoms with Crippen LogP contribution in [0.4, 0.5) is 0 Å². The van der Waals surface area contributed by atoms with Crippen molar-refractivity contribution < 1.29 is 4.57 Å². The Kier molecular flexibility index (Phi) is 5.59. The summed E-state index contributed by atoms with van der Waals surface area (Å²) >= 11 is 2.00. The molecule has 1 aromatic carbocycles. The van der Waals surface area contributed by atoms with Gasteiger partial charge in [-0.1, -0.05) is 52.3 Å². The zero-order chi connectivity index (χ0) is 20.6. The fraction of sp³-hybridized carbons (Fsp3) is 0.519. The lowest BCUT2D eigenvalue weighted by molar-refractivity contribution is -0.770. The van der Waals surface area contributed by atoms with Crippen LogP contribution in [0, 0.1) is 0 Å². The van der Waals surface area contributed by atoms with Gasteiger partial charge >= 0.3 is 0 Å². The largest absolute Gasteiger partial charge is 0.223 e. The minimum absolute atomic E-state index is 0.131. The van der Waals surface area contributed by atoms with Gasteiger partial charge in [-0.25, -0.2) is 0 Å². The van der Waals surface area contributed by atoms with E-state index in [9.17, 15) is 0 Å². The fourth-order valence-corrected chi connectivity index (χ4v) is 7.30. The molecular weight excluding hydrogens is 370 g/mol. The van der Waals surface area contributed by atoms with Gasteiger partial charge in [-0.05, 0) is 55.2 Å². The first kappa shape index (κ1) is 20.6. The second-order valence-corrected chi connectivity index (χ2v) is 10.1. The first-order valence-electron chi connectivity index (χ1n) is 11.6. The quantitative estimate of drug-likeness (QED) is 0.353. The van der Waals surface area contributed by atoms with E-state index in [1.165, 1.54) is 71.2 Å². The van der Waals surface area contributed by atoms with Crippen molar-refractivity contribution in [3.8, 4) is 10.6 Å². The molecule has 3 heterocycles. The highest BCUT2D eigenvalue weighted by molar-refractivity contribution is 7.22. The molecule has 0 spiro atoms. The highest BCUT2D eigenvalue weighted by Crippen LogP contribution is 2.56. The van der Waals surface area contributed by atoms with Crippen molar-refractivity contribution in [2.45, 2.75) is 90.5 Å². The summed E-state index contributed by atoms with van der Waals surface area (Å²) in [5, 5.41) is 1.48. The molecule has 0 N–H and O–H groups in total. The molecule has 0 bridgehead atoms. The molecule has 0 amide bonds. The van der Waals surface area contributed by atoms with Crippen LogP contribution in [-0.4, -0.2) is 0 Å². The third kappa shape index (κ3) is 2.90. The number of thiophene rings is 1. The number of aryl methyl sites for hydroxylation is 1. The average Bonchev–Trinajstić information content (AvgIpc) is 3.15. The molecule has 4 rings (SSSR count). The Labute approximate surface area is 180 Å². The van der Waals surface area contributed by atoms with Crippen LogP contribution in [0.3, 0.4) is 0 Å². The highest BCUT2D eigenvalue weighted by Gasteiger charge is 2.59. The fourth-order valence-electron chi connectivity index (χ4n) is 5.95. The number of hydrogen-bond acceptors (Lipinski definition) is 1. The van der Waals surface area contributed by atoms with Crippen molar-refractivity contribution in [2.24, 2.45) is 0 Å². The minimum Gasteiger partial charge on any atom is -0.191 e. The van der Waals surface area contributed by atoms with Gasteiger partial charge in [0.15, 0.2) is 11.7 Å². The normalized spacial score (nSPS) is 23.2. The van der Waals surface area contributed by atoms with Crippen LogP contribution in [0.2, 0.25) is 0 Å². The number of rotatable bonds is 7. The van der Waals surface area contributed by atoms with E-state index in [-0.39, 0.29) is 11.0 Å². The van der Waals surface area contributed by atoms with Crippen LogP contribution in [0.15, 0.2) is 42.6 Å². The van der Waals surface area contributed by atoms with Gasteiger partial charge in [-0.2, -0.15) is 4.57 Å². The van der Waals surface area contributed by atoms with Gasteiger partial charge < -0.3 is 0 Å². The summed E-state index contributed by atoms with van der Waals surface area (Å²) in [5.74, 6) is 0. The maximum Gasteiger partial charge on any atom is 0.223 e. The van der Waals surface area contributed by atoms with E-state index in [0.29, 0.717) is 0 Å². The van der Waals surface area contributed by atoms with Crippen molar-refractivity contribution in [3.05, 3.63) is 53.7 Å². The molecule has 0 aliphatic carbocycles. The standard InChI is InChI=1S/C27H36NS/c1-6-10-13-20-16-18-28-22(19-20)25-24(21-14-11-12-15-23(21)29-25)26(5,8-3)27(28,9-4)17-7-2/h11-12,14-16,18-19H,6-10,13,17H2,1-5H3/q+1. The first-order valence-corrected chi connectivity index (χ1v) is 12.4. The molecule has 2 heteroatoms. The van der Waals surface area contributed by atoms with E-state index in [1.807, 2.05) is 11.3 Å². The third-order valence-corrected chi connectivity index (χ3v) is 8.86. The van der Waals surface area contributed by atoms with Gasteiger partial charge in [-0.3, -0.25) is 0 Å². The molecule has 0 saturated carbocycles. The smallest absolute Gasteiger partial charge is 0.191 e. The maximum absolute atomic E-state index is 2.69. The van der Waals surface area contributed by atoms with Crippen LogP contribution in [0.25, 0.3) is 20.7 Å². The number of aromatic nitrogens is 1. The van der Waals surface area contributed by atoms with Gasteiger partial charge in [0.2, 0.25) is 5.69 Å². The molecule has 29 heavy (non-hydrogen) atoms. The topological polar surface area (TPSA) is 3.88 Å². The second kappa shape index (κ2) is 7.87. The van der Waals surface area contributed by atoms with Crippen LogP contribution < -0.4 is 4.57 Å². The second-order valence-electron chi connectivity index (χ2n) is 9.02. The predicted octanol–water partition coefficient (Wildman–Crippen LogP) is 7.79. The summed E-state index contributed by atoms with van der Waals surface area (Å²) in [6, 6.07) is 14.0. The average molecular weight is 407 g/mol. The van der Waals surface area contributed by atoms with E-state index >= 15 is 0 Å². The van der Waals surface area contributed by atoms with Crippen LogP contribution >= 0.6 is 11.3 Å². The summed E-state index contributed by atoms with van der Waals surface area (Å²) in [4.78, 5) is 1.51. The van der Waals surface area contributed by atoms with Crippen molar-refractivity contribution in [1.29, 1.82) is 0 Å². The number of pyridine rings is 1. The predicted molar refractivity (Wildman–Crippen MR) is 127 cm³/mol. The van der Waals surface area contributed by atoms with Crippen LogP contribution in [0.1, 0.15) is 84.3 Å². The Morgan fingerprint density at radius 2 is 1.76 bits per heavy atom. The molecule has 2 aromatic heterocycles. The van der Waals surface area contributed by atoms with Crippen molar-refractivity contribution in [1.82, 2.24) is 0 Å². The van der Waals surface area contributed by atoms with E-state index < -0.39 is 0 Å².